The lowest BCUT2D eigenvalue weighted by molar-refractivity contribution is -0.122. The van der Waals surface area contributed by atoms with Crippen LogP contribution in [0.3, 0.4) is 0 Å². The molecule has 188 valence electrons. The van der Waals surface area contributed by atoms with E-state index in [0.29, 0.717) is 30.9 Å². The number of benzene rings is 2. The highest BCUT2D eigenvalue weighted by Crippen LogP contribution is 2.56. The van der Waals surface area contributed by atoms with E-state index in [0.717, 1.165) is 16.7 Å². The first-order valence-electron chi connectivity index (χ1n) is 11.6. The Labute approximate surface area is 202 Å². The molecule has 3 aliphatic rings. The predicted octanol–water partition coefficient (Wildman–Crippen LogP) is 1.76. The minimum atomic E-state index is -1.06. The number of fused-ring (bicyclic) bond motifs is 3. The van der Waals surface area contributed by atoms with Crippen LogP contribution in [0.4, 0.5) is 0 Å². The molecule has 35 heavy (non-hydrogen) atoms. The number of nitrogens with two attached hydrogens (primary N) is 1. The van der Waals surface area contributed by atoms with Gasteiger partial charge in [-0.25, -0.2) is 0 Å². The Balaban J connectivity index is 1.67. The fourth-order valence-corrected chi connectivity index (χ4v) is 5.51. The number of phenols is 1. The number of rotatable bonds is 7. The van der Waals surface area contributed by atoms with Gasteiger partial charge in [0.2, 0.25) is 18.4 Å². The highest BCUT2D eigenvalue weighted by molar-refractivity contribution is 5.77. The molecule has 5 atom stereocenters. The van der Waals surface area contributed by atoms with Crippen molar-refractivity contribution >= 4 is 5.91 Å². The Morgan fingerprint density at radius 2 is 1.77 bits per heavy atom. The molecule has 2 aromatic rings. The van der Waals surface area contributed by atoms with Gasteiger partial charge in [0.1, 0.15) is 0 Å². The molecule has 10 heteroatoms. The molecule has 5 rings (SSSR count). The number of hydrogen-bond donors (Lipinski definition) is 4. The number of amides is 1. The molecule has 1 aliphatic carbocycles. The van der Waals surface area contributed by atoms with Gasteiger partial charge in [0, 0.05) is 24.2 Å². The van der Waals surface area contributed by atoms with Crippen molar-refractivity contribution in [3.05, 3.63) is 41.0 Å². The lowest BCUT2D eigenvalue weighted by Gasteiger charge is -2.41. The summed E-state index contributed by atoms with van der Waals surface area (Å²) in [5.41, 5.74) is 8.08. The average Bonchev–Trinajstić information content (AvgIpc) is 3.48. The van der Waals surface area contributed by atoms with Crippen LogP contribution in [-0.2, 0) is 9.53 Å². The molecule has 0 spiro atoms. The van der Waals surface area contributed by atoms with Gasteiger partial charge in [0.25, 0.3) is 0 Å². The Kier molecular flexibility index (Phi) is 6.35. The van der Waals surface area contributed by atoms with E-state index in [1.807, 2.05) is 12.1 Å². The molecule has 2 heterocycles. The van der Waals surface area contributed by atoms with Crippen molar-refractivity contribution in [1.29, 1.82) is 0 Å². The Morgan fingerprint density at radius 1 is 1.11 bits per heavy atom. The van der Waals surface area contributed by atoms with Crippen LogP contribution in [-0.4, -0.2) is 56.6 Å². The van der Waals surface area contributed by atoms with Gasteiger partial charge in [-0.05, 0) is 53.9 Å². The first-order chi connectivity index (χ1) is 17.0. The normalized spacial score (nSPS) is 26.1. The molecular formula is C25H30N2O8. The fraction of sp³-hybridized carbons (Fsp3) is 0.480. The molecule has 2 aliphatic heterocycles. The van der Waals surface area contributed by atoms with Gasteiger partial charge < -0.3 is 44.9 Å². The van der Waals surface area contributed by atoms with E-state index in [1.165, 1.54) is 14.2 Å². The third-order valence-corrected chi connectivity index (χ3v) is 7.13. The number of carbonyl (C=O) groups excluding carboxylic acids is 1. The highest BCUT2D eigenvalue weighted by atomic mass is 16.7. The third kappa shape index (κ3) is 4.01. The van der Waals surface area contributed by atoms with E-state index < -0.39 is 12.3 Å². The van der Waals surface area contributed by atoms with Crippen LogP contribution in [0.15, 0.2) is 24.3 Å². The first-order valence-corrected chi connectivity index (χ1v) is 11.6. The van der Waals surface area contributed by atoms with Gasteiger partial charge in [-0.2, -0.15) is 0 Å². The summed E-state index contributed by atoms with van der Waals surface area (Å²) < 4.78 is 27.8. The van der Waals surface area contributed by atoms with Crippen LogP contribution in [0, 0.1) is 11.8 Å². The van der Waals surface area contributed by atoms with Crippen molar-refractivity contribution in [2.75, 3.05) is 34.2 Å². The molecule has 1 unspecified atom stereocenters. The Morgan fingerprint density at radius 3 is 2.40 bits per heavy atom. The van der Waals surface area contributed by atoms with Crippen LogP contribution in [0.2, 0.25) is 0 Å². The third-order valence-electron chi connectivity index (χ3n) is 7.13. The summed E-state index contributed by atoms with van der Waals surface area (Å²) in [6.45, 7) is 0.800. The monoisotopic (exact) mass is 486 g/mol. The second kappa shape index (κ2) is 9.44. The van der Waals surface area contributed by atoms with Crippen molar-refractivity contribution in [2.24, 2.45) is 17.6 Å². The summed E-state index contributed by atoms with van der Waals surface area (Å²) in [5, 5.41) is 24.6. The van der Waals surface area contributed by atoms with Crippen LogP contribution in [0.1, 0.15) is 41.5 Å². The molecule has 1 fully saturated rings. The van der Waals surface area contributed by atoms with E-state index in [4.69, 9.17) is 29.4 Å². The molecule has 1 saturated heterocycles. The largest absolute Gasteiger partial charge is 0.502 e. The standard InChI is InChI=1S/C25H30N2O8/c1-31-18-6-12(7-19(32-2)24(18)29)21-13-8-16-17(35-11-34-16)9-14(13)23(27-20(28)4-3-5-26)15-10-33-25(30)22(15)21/h6-9,15,21-23,25,29-30H,3-5,10-11,26H2,1-2H3,(H,27,28)/t15-,21+,22-,23+,25?/m0/s1. The maximum atomic E-state index is 12.8. The van der Waals surface area contributed by atoms with Gasteiger partial charge in [-0.3, -0.25) is 4.79 Å². The molecular weight excluding hydrogens is 456 g/mol. The van der Waals surface area contributed by atoms with Crippen LogP contribution in [0.25, 0.3) is 0 Å². The molecule has 10 nitrogen and oxygen atoms in total. The van der Waals surface area contributed by atoms with E-state index >= 15 is 0 Å². The highest BCUT2D eigenvalue weighted by Gasteiger charge is 2.52. The zero-order valence-corrected chi connectivity index (χ0v) is 19.7. The lowest BCUT2D eigenvalue weighted by atomic mass is 9.65. The zero-order valence-electron chi connectivity index (χ0n) is 19.7. The summed E-state index contributed by atoms with van der Waals surface area (Å²) in [6, 6.07) is 6.87. The van der Waals surface area contributed by atoms with Crippen LogP contribution in [0.5, 0.6) is 28.7 Å². The smallest absolute Gasteiger partial charge is 0.231 e. The number of hydrogen-bond acceptors (Lipinski definition) is 9. The molecule has 0 radical (unpaired) electrons. The number of aliphatic hydroxyl groups excluding tert-OH is 1. The topological polar surface area (TPSA) is 142 Å². The predicted molar refractivity (Wildman–Crippen MR) is 124 cm³/mol. The molecule has 5 N–H and O–H groups in total. The van der Waals surface area contributed by atoms with Crippen molar-refractivity contribution in [3.63, 3.8) is 0 Å². The van der Waals surface area contributed by atoms with E-state index in [1.54, 1.807) is 12.1 Å². The number of methoxy groups -OCH3 is 2. The Bertz CT molecular complexity index is 1100. The maximum Gasteiger partial charge on any atom is 0.231 e. The molecule has 0 saturated carbocycles. The fourth-order valence-electron chi connectivity index (χ4n) is 5.51. The van der Waals surface area contributed by atoms with Crippen molar-refractivity contribution < 1.29 is 38.7 Å². The van der Waals surface area contributed by atoms with Crippen molar-refractivity contribution in [1.82, 2.24) is 5.32 Å². The number of aromatic hydroxyl groups is 1. The van der Waals surface area contributed by atoms with Gasteiger partial charge in [0.05, 0.1) is 26.9 Å². The van der Waals surface area contributed by atoms with Crippen LogP contribution >= 0.6 is 0 Å². The van der Waals surface area contributed by atoms with Gasteiger partial charge in [-0.1, -0.05) is 0 Å². The molecule has 0 bridgehead atoms. The number of nitrogens with one attached hydrogen (secondary N) is 1. The molecule has 0 aromatic heterocycles. The van der Waals surface area contributed by atoms with E-state index in [2.05, 4.69) is 5.32 Å². The second-order valence-corrected chi connectivity index (χ2v) is 8.99. The minimum absolute atomic E-state index is 0.106. The minimum Gasteiger partial charge on any atom is -0.502 e. The quantitative estimate of drug-likeness (QED) is 0.460. The van der Waals surface area contributed by atoms with Crippen molar-refractivity contribution in [3.8, 4) is 28.7 Å². The first kappa shape index (κ1) is 23.5. The van der Waals surface area contributed by atoms with Gasteiger partial charge in [0.15, 0.2) is 29.3 Å². The number of carbonyl (C=O) groups is 1. The van der Waals surface area contributed by atoms with E-state index in [-0.39, 0.29) is 54.3 Å². The molecule has 2 aromatic carbocycles. The lowest BCUT2D eigenvalue weighted by Crippen LogP contribution is -2.43. The summed E-state index contributed by atoms with van der Waals surface area (Å²) in [6.07, 6.45) is -0.170. The molecule has 1 amide bonds. The second-order valence-electron chi connectivity index (χ2n) is 8.99. The van der Waals surface area contributed by atoms with E-state index in [9.17, 15) is 15.0 Å². The summed E-state index contributed by atoms with van der Waals surface area (Å²) in [4.78, 5) is 12.8. The van der Waals surface area contributed by atoms with Crippen LogP contribution < -0.4 is 30.0 Å². The number of phenolic OH excluding ortho intramolecular Hbond substituents is 1. The summed E-state index contributed by atoms with van der Waals surface area (Å²) in [7, 11) is 2.93. The number of aliphatic hydroxyl groups is 1. The van der Waals surface area contributed by atoms with Gasteiger partial charge in [-0.15, -0.1) is 0 Å². The SMILES string of the molecule is COc1cc([C@@H]2c3cc4c(cc3[C@@H](NC(=O)CCCN)[C@H]3COC(O)[C@H]23)OCO4)cc(OC)c1O. The number of ether oxygens (including phenoxy) is 5. The van der Waals surface area contributed by atoms with Crippen molar-refractivity contribution in [2.45, 2.75) is 31.1 Å². The summed E-state index contributed by atoms with van der Waals surface area (Å²) in [5.74, 6) is 0.516. The Hall–Kier alpha value is -3.21. The summed E-state index contributed by atoms with van der Waals surface area (Å²) >= 11 is 0. The average molecular weight is 487 g/mol. The van der Waals surface area contributed by atoms with Gasteiger partial charge >= 0.3 is 0 Å². The zero-order chi connectivity index (χ0) is 24.7. The maximum absolute atomic E-state index is 12.8.